The fourth-order valence-corrected chi connectivity index (χ4v) is 1.35. The number of aryl methyl sites for hydroxylation is 1. The van der Waals surface area contributed by atoms with Gasteiger partial charge in [0, 0.05) is 0 Å². The normalized spacial score (nSPS) is 11.7. The Morgan fingerprint density at radius 2 is 2.17 bits per heavy atom. The van der Waals surface area contributed by atoms with Crippen LogP contribution < -0.4 is 15.2 Å². The Balaban J connectivity index is 2.44. The lowest BCUT2D eigenvalue weighted by atomic mass is 10.2. The number of carbonyl (C=O) groups excluding carboxylic acids is 2. The number of carbonyl (C=O) groups is 2. The van der Waals surface area contributed by atoms with E-state index in [4.69, 9.17) is 4.74 Å². The molecule has 0 aliphatic rings. The van der Waals surface area contributed by atoms with E-state index < -0.39 is 17.9 Å². The molecule has 5 heteroatoms. The molecule has 1 rings (SSSR count). The van der Waals surface area contributed by atoms with E-state index in [1.807, 2.05) is 25.1 Å². The first-order chi connectivity index (χ1) is 8.52. The van der Waals surface area contributed by atoms with Crippen LogP contribution in [0.15, 0.2) is 24.3 Å². The summed E-state index contributed by atoms with van der Waals surface area (Å²) in [6, 6.07) is 6.37. The van der Waals surface area contributed by atoms with Gasteiger partial charge in [-0.05, 0) is 31.0 Å². The highest BCUT2D eigenvalue weighted by atomic mass is 16.5. The molecule has 1 aromatic rings. The van der Waals surface area contributed by atoms with Crippen molar-refractivity contribution in [1.82, 2.24) is 5.32 Å². The molecule has 0 aliphatic heterocycles. The molecule has 0 aliphatic carbocycles. The lowest BCUT2D eigenvalue weighted by Crippen LogP contribution is -2.47. The van der Waals surface area contributed by atoms with Gasteiger partial charge in [-0.3, -0.25) is 4.79 Å². The molecule has 1 atom stereocenters. The van der Waals surface area contributed by atoms with Crippen LogP contribution >= 0.6 is 0 Å². The van der Waals surface area contributed by atoms with Crippen LogP contribution in [0, 0.1) is 0 Å². The number of nitrogens with one attached hydrogen (secondary N) is 1. The molecule has 1 N–H and O–H groups in total. The minimum absolute atomic E-state index is 0.217. The summed E-state index contributed by atoms with van der Waals surface area (Å²) in [7, 11) is 0. The summed E-state index contributed by atoms with van der Waals surface area (Å²) in [6.07, 6.45) is 0.880. The van der Waals surface area contributed by atoms with Crippen LogP contribution in [0.25, 0.3) is 0 Å². The van der Waals surface area contributed by atoms with Gasteiger partial charge in [0.2, 0.25) is 0 Å². The summed E-state index contributed by atoms with van der Waals surface area (Å²) < 4.78 is 5.27. The Morgan fingerprint density at radius 1 is 1.44 bits per heavy atom. The molecule has 0 heterocycles. The number of ether oxygens (including phenoxy) is 1. The van der Waals surface area contributed by atoms with Crippen LogP contribution in [0.5, 0.6) is 5.75 Å². The van der Waals surface area contributed by atoms with Crippen molar-refractivity contribution in [3.8, 4) is 5.75 Å². The molecule has 0 bridgehead atoms. The number of hydrogen-bond donors (Lipinski definition) is 1. The molecular weight excluding hydrogens is 234 g/mol. The van der Waals surface area contributed by atoms with Crippen LogP contribution in [0.4, 0.5) is 0 Å². The Kier molecular flexibility index (Phi) is 5.17. The van der Waals surface area contributed by atoms with Crippen molar-refractivity contribution in [2.24, 2.45) is 0 Å². The summed E-state index contributed by atoms with van der Waals surface area (Å²) in [5.74, 6) is -1.23. The lowest BCUT2D eigenvalue weighted by molar-refractivity contribution is -0.307. The van der Waals surface area contributed by atoms with Crippen molar-refractivity contribution in [2.45, 2.75) is 26.3 Å². The van der Waals surface area contributed by atoms with Crippen molar-refractivity contribution >= 4 is 11.9 Å². The second-order valence-electron chi connectivity index (χ2n) is 3.90. The van der Waals surface area contributed by atoms with E-state index in [1.54, 1.807) is 6.07 Å². The van der Waals surface area contributed by atoms with E-state index in [1.165, 1.54) is 6.92 Å². The monoisotopic (exact) mass is 250 g/mol. The number of carboxylic acid groups (broad SMARTS) is 1. The van der Waals surface area contributed by atoms with Gasteiger partial charge in [-0.1, -0.05) is 19.1 Å². The van der Waals surface area contributed by atoms with Gasteiger partial charge in [0.25, 0.3) is 5.91 Å². The zero-order valence-corrected chi connectivity index (χ0v) is 10.4. The fourth-order valence-electron chi connectivity index (χ4n) is 1.35. The Labute approximate surface area is 106 Å². The predicted octanol–water partition coefficient (Wildman–Crippen LogP) is -0.118. The smallest absolute Gasteiger partial charge is 0.258 e. The van der Waals surface area contributed by atoms with E-state index >= 15 is 0 Å². The quantitative estimate of drug-likeness (QED) is 0.763. The van der Waals surface area contributed by atoms with E-state index in [-0.39, 0.29) is 6.61 Å². The predicted molar refractivity (Wildman–Crippen MR) is 63.9 cm³/mol. The van der Waals surface area contributed by atoms with Gasteiger partial charge in [-0.25, -0.2) is 0 Å². The number of carboxylic acids is 1. The Hall–Kier alpha value is -2.04. The maximum Gasteiger partial charge on any atom is 0.258 e. The highest BCUT2D eigenvalue weighted by Crippen LogP contribution is 2.13. The van der Waals surface area contributed by atoms with Crippen molar-refractivity contribution in [1.29, 1.82) is 0 Å². The first kappa shape index (κ1) is 14.0. The van der Waals surface area contributed by atoms with Gasteiger partial charge in [0.15, 0.2) is 6.61 Å². The molecular formula is C13H16NO4-. The molecule has 0 fully saturated rings. The maximum absolute atomic E-state index is 11.4. The molecule has 0 unspecified atom stereocenters. The highest BCUT2D eigenvalue weighted by molar-refractivity contribution is 5.83. The third-order valence-electron chi connectivity index (χ3n) is 2.41. The summed E-state index contributed by atoms with van der Waals surface area (Å²) in [4.78, 5) is 21.8. The molecule has 1 amide bonds. The van der Waals surface area contributed by atoms with Gasteiger partial charge in [-0.2, -0.15) is 0 Å². The molecule has 5 nitrogen and oxygen atoms in total. The summed E-state index contributed by atoms with van der Waals surface area (Å²) in [5.41, 5.74) is 1.11. The molecule has 18 heavy (non-hydrogen) atoms. The minimum Gasteiger partial charge on any atom is -0.548 e. The first-order valence-electron chi connectivity index (χ1n) is 5.75. The summed E-state index contributed by atoms with van der Waals surface area (Å²) >= 11 is 0. The third-order valence-corrected chi connectivity index (χ3v) is 2.41. The largest absolute Gasteiger partial charge is 0.548 e. The highest BCUT2D eigenvalue weighted by Gasteiger charge is 2.08. The average molecular weight is 250 g/mol. The summed E-state index contributed by atoms with van der Waals surface area (Å²) in [6.45, 7) is 3.14. The molecule has 1 aromatic carbocycles. The molecule has 0 spiro atoms. The SMILES string of the molecule is CCc1cccc(OCC(=O)N[C@@H](C)C(=O)[O-])c1. The van der Waals surface area contributed by atoms with E-state index in [9.17, 15) is 14.7 Å². The average Bonchev–Trinajstić information content (AvgIpc) is 2.36. The van der Waals surface area contributed by atoms with Crippen LogP contribution in [0.3, 0.4) is 0 Å². The van der Waals surface area contributed by atoms with E-state index in [2.05, 4.69) is 5.32 Å². The second kappa shape index (κ2) is 6.64. The van der Waals surface area contributed by atoms with Crippen LogP contribution in [-0.4, -0.2) is 24.5 Å². The Bertz CT molecular complexity index is 431. The van der Waals surface area contributed by atoms with E-state index in [0.29, 0.717) is 5.75 Å². The lowest BCUT2D eigenvalue weighted by Gasteiger charge is -2.14. The number of hydrogen-bond acceptors (Lipinski definition) is 4. The standard InChI is InChI=1S/C13H17NO4/c1-3-10-5-4-6-11(7-10)18-8-12(15)14-9(2)13(16)17/h4-7,9H,3,8H2,1-2H3,(H,14,15)(H,16,17)/p-1/t9-/m0/s1. The maximum atomic E-state index is 11.4. The zero-order valence-electron chi connectivity index (χ0n) is 10.4. The number of benzene rings is 1. The van der Waals surface area contributed by atoms with Gasteiger partial charge < -0.3 is 20.0 Å². The fraction of sp³-hybridized carbons (Fsp3) is 0.385. The Morgan fingerprint density at radius 3 is 2.78 bits per heavy atom. The van der Waals surface area contributed by atoms with Crippen LogP contribution in [0.1, 0.15) is 19.4 Å². The molecule has 0 saturated heterocycles. The zero-order chi connectivity index (χ0) is 13.5. The number of aliphatic carboxylic acids is 1. The van der Waals surface area contributed by atoms with Crippen LogP contribution in [0.2, 0.25) is 0 Å². The third kappa shape index (κ3) is 4.45. The van der Waals surface area contributed by atoms with Gasteiger partial charge in [0.05, 0.1) is 12.0 Å². The van der Waals surface area contributed by atoms with Crippen molar-refractivity contribution < 1.29 is 19.4 Å². The number of amides is 1. The van der Waals surface area contributed by atoms with Gasteiger partial charge in [0.1, 0.15) is 5.75 Å². The van der Waals surface area contributed by atoms with Crippen molar-refractivity contribution in [2.75, 3.05) is 6.61 Å². The van der Waals surface area contributed by atoms with E-state index in [0.717, 1.165) is 12.0 Å². The van der Waals surface area contributed by atoms with Gasteiger partial charge in [-0.15, -0.1) is 0 Å². The molecule has 0 saturated carbocycles. The first-order valence-corrected chi connectivity index (χ1v) is 5.75. The van der Waals surface area contributed by atoms with Crippen molar-refractivity contribution in [3.05, 3.63) is 29.8 Å². The summed E-state index contributed by atoms with van der Waals surface area (Å²) in [5, 5.41) is 12.7. The molecule has 98 valence electrons. The van der Waals surface area contributed by atoms with Crippen LogP contribution in [-0.2, 0) is 16.0 Å². The minimum atomic E-state index is -1.32. The second-order valence-corrected chi connectivity index (χ2v) is 3.90. The topological polar surface area (TPSA) is 78.5 Å². The molecule has 0 radical (unpaired) electrons. The van der Waals surface area contributed by atoms with Crippen molar-refractivity contribution in [3.63, 3.8) is 0 Å². The van der Waals surface area contributed by atoms with Gasteiger partial charge >= 0.3 is 0 Å². The number of rotatable bonds is 6. The molecule has 0 aromatic heterocycles.